The molecule has 0 unspecified atom stereocenters. The fourth-order valence-corrected chi connectivity index (χ4v) is 2.44. The van der Waals surface area contributed by atoms with Gasteiger partial charge in [-0.2, -0.15) is 0 Å². The second kappa shape index (κ2) is 4.37. The van der Waals surface area contributed by atoms with E-state index in [1.54, 1.807) is 0 Å². The van der Waals surface area contributed by atoms with Gasteiger partial charge in [-0.05, 0) is 6.42 Å². The Morgan fingerprint density at radius 1 is 1.38 bits per heavy atom. The van der Waals surface area contributed by atoms with Gasteiger partial charge in [0.05, 0.1) is 0 Å². The molecule has 0 fully saturated rings. The van der Waals surface area contributed by atoms with Crippen molar-refractivity contribution in [2.75, 3.05) is 0 Å². The molecule has 92 valence electrons. The Morgan fingerprint density at radius 2 is 1.94 bits per heavy atom. The minimum Gasteiger partial charge on any atom is -0.360 e. The molecule has 0 saturated heterocycles. The minimum absolute atomic E-state index is 0.188. The molecule has 0 saturated carbocycles. The van der Waals surface area contributed by atoms with E-state index in [4.69, 9.17) is 15.2 Å². The van der Waals surface area contributed by atoms with Crippen LogP contribution in [0.4, 0.5) is 0 Å². The molecule has 1 aromatic heterocycles. The highest BCUT2D eigenvalue weighted by Crippen LogP contribution is 2.29. The van der Waals surface area contributed by atoms with Crippen LogP contribution in [0.1, 0.15) is 44.7 Å². The quantitative estimate of drug-likeness (QED) is 0.788. The van der Waals surface area contributed by atoms with Crippen LogP contribution in [0, 0.1) is 0 Å². The third kappa shape index (κ3) is 3.22. The summed E-state index contributed by atoms with van der Waals surface area (Å²) in [5.74, 6) is 0.447. The maximum atomic E-state index is 11.0. The summed E-state index contributed by atoms with van der Waals surface area (Å²) in [7, 11) is 1.62. The summed E-state index contributed by atoms with van der Waals surface area (Å²) in [4.78, 5) is 0. The van der Waals surface area contributed by atoms with Crippen LogP contribution >= 0.6 is 10.7 Å². The lowest BCUT2D eigenvalue weighted by Gasteiger charge is -2.15. The highest BCUT2D eigenvalue weighted by atomic mass is 35.7. The average molecular weight is 266 g/mol. The monoisotopic (exact) mass is 265 g/mol. The summed E-state index contributed by atoms with van der Waals surface area (Å²) in [6, 6.07) is 0. The average Bonchev–Trinajstić information content (AvgIpc) is 2.43. The van der Waals surface area contributed by atoms with E-state index in [0.717, 1.165) is 11.3 Å². The number of nitrogens with zero attached hydrogens (tertiary/aromatic N) is 1. The molecule has 1 rings (SSSR count). The molecule has 6 heteroatoms. The third-order valence-corrected chi connectivity index (χ3v) is 3.16. The van der Waals surface area contributed by atoms with E-state index in [2.05, 4.69) is 5.16 Å². The van der Waals surface area contributed by atoms with Gasteiger partial charge < -0.3 is 4.52 Å². The Bertz CT molecular complexity index is 471. The van der Waals surface area contributed by atoms with Gasteiger partial charge in [-0.1, -0.05) is 32.9 Å². The lowest BCUT2D eigenvalue weighted by atomic mass is 9.89. The van der Waals surface area contributed by atoms with Crippen LogP contribution in [0.5, 0.6) is 0 Å². The maximum absolute atomic E-state index is 11.0. The first-order valence-electron chi connectivity index (χ1n) is 5.05. The topological polar surface area (TPSA) is 60.2 Å². The summed E-state index contributed by atoms with van der Waals surface area (Å²) in [6.07, 6.45) is 0.678. The van der Waals surface area contributed by atoms with Gasteiger partial charge >= 0.3 is 0 Å². The summed E-state index contributed by atoms with van der Waals surface area (Å²) in [6.45, 7) is 7.91. The van der Waals surface area contributed by atoms with Crippen molar-refractivity contribution in [2.45, 2.75) is 45.3 Å². The van der Waals surface area contributed by atoms with Crippen molar-refractivity contribution in [2.24, 2.45) is 0 Å². The number of rotatable bonds is 3. The van der Waals surface area contributed by atoms with Crippen LogP contribution in [0.25, 0.3) is 0 Å². The molecule has 0 bridgehead atoms. The highest BCUT2D eigenvalue weighted by molar-refractivity contribution is 8.13. The van der Waals surface area contributed by atoms with Crippen molar-refractivity contribution >= 4 is 19.7 Å². The van der Waals surface area contributed by atoms with Gasteiger partial charge in [0.25, 0.3) is 0 Å². The summed E-state index contributed by atoms with van der Waals surface area (Å²) in [5, 5.41) is 3.80. The molecule has 0 amide bonds. The zero-order valence-electron chi connectivity index (χ0n) is 9.87. The minimum atomic E-state index is -3.59. The molecule has 0 atom stereocenters. The third-order valence-electron chi connectivity index (χ3n) is 2.21. The fourth-order valence-electron chi connectivity index (χ4n) is 1.57. The van der Waals surface area contributed by atoms with Crippen molar-refractivity contribution in [1.82, 2.24) is 5.16 Å². The van der Waals surface area contributed by atoms with E-state index in [1.807, 2.05) is 27.7 Å². The second-order valence-corrected chi connectivity index (χ2v) is 7.50. The fraction of sp³-hybridized carbons (Fsp3) is 0.700. The van der Waals surface area contributed by atoms with Gasteiger partial charge in [0, 0.05) is 21.7 Å². The zero-order chi connectivity index (χ0) is 12.6. The van der Waals surface area contributed by atoms with Gasteiger partial charge in [0.1, 0.15) is 17.2 Å². The number of aromatic nitrogens is 1. The molecule has 1 heterocycles. The van der Waals surface area contributed by atoms with Crippen LogP contribution in [-0.2, 0) is 26.6 Å². The predicted octanol–water partition coefficient (Wildman–Crippen LogP) is 2.60. The van der Waals surface area contributed by atoms with Crippen molar-refractivity contribution in [3.05, 3.63) is 17.0 Å². The van der Waals surface area contributed by atoms with Crippen LogP contribution in [0.2, 0.25) is 0 Å². The van der Waals surface area contributed by atoms with Crippen molar-refractivity contribution in [1.29, 1.82) is 0 Å². The van der Waals surface area contributed by atoms with Crippen LogP contribution < -0.4 is 0 Å². The molecule has 4 nitrogen and oxygen atoms in total. The van der Waals surface area contributed by atoms with E-state index in [0.29, 0.717) is 12.1 Å². The summed E-state index contributed by atoms with van der Waals surface area (Å²) < 4.78 is 27.2. The molecule has 0 aliphatic rings. The summed E-state index contributed by atoms with van der Waals surface area (Å²) in [5.41, 5.74) is 1.08. The predicted molar refractivity (Wildman–Crippen MR) is 63.1 cm³/mol. The van der Waals surface area contributed by atoms with Gasteiger partial charge in [0.15, 0.2) is 0 Å². The molecular formula is C10H16ClNO3S. The van der Waals surface area contributed by atoms with Crippen molar-refractivity contribution in [3.63, 3.8) is 0 Å². The number of hydrogen-bond acceptors (Lipinski definition) is 4. The van der Waals surface area contributed by atoms with E-state index >= 15 is 0 Å². The molecule has 0 aliphatic heterocycles. The summed E-state index contributed by atoms with van der Waals surface area (Å²) >= 11 is 0. The van der Waals surface area contributed by atoms with Crippen LogP contribution in [-0.4, -0.2) is 13.6 Å². The molecular weight excluding hydrogens is 250 g/mol. The number of halogens is 1. The van der Waals surface area contributed by atoms with E-state index < -0.39 is 9.05 Å². The van der Waals surface area contributed by atoms with E-state index in [-0.39, 0.29) is 11.2 Å². The first kappa shape index (κ1) is 13.5. The molecule has 1 aromatic rings. The van der Waals surface area contributed by atoms with Crippen LogP contribution in [0.3, 0.4) is 0 Å². The largest absolute Gasteiger partial charge is 0.360 e. The normalized spacial score (nSPS) is 13.1. The standard InChI is InChI=1S/C10H16ClNO3S/c1-5-7-8(6-16(11,13)14)12-15-9(7)10(2,3)4/h5-6H2,1-4H3. The van der Waals surface area contributed by atoms with Crippen molar-refractivity contribution in [3.8, 4) is 0 Å². The molecule has 0 radical (unpaired) electrons. The lowest BCUT2D eigenvalue weighted by Crippen LogP contribution is -2.13. The zero-order valence-corrected chi connectivity index (χ0v) is 11.4. The Labute approximate surface area is 100 Å². The first-order valence-corrected chi connectivity index (χ1v) is 7.53. The Morgan fingerprint density at radius 3 is 2.31 bits per heavy atom. The number of hydrogen-bond donors (Lipinski definition) is 0. The molecule has 0 aromatic carbocycles. The smallest absolute Gasteiger partial charge is 0.238 e. The maximum Gasteiger partial charge on any atom is 0.238 e. The van der Waals surface area contributed by atoms with Gasteiger partial charge in [0.2, 0.25) is 9.05 Å². The van der Waals surface area contributed by atoms with Gasteiger partial charge in [-0.15, -0.1) is 0 Å². The van der Waals surface area contributed by atoms with E-state index in [9.17, 15) is 8.42 Å². The molecule has 0 spiro atoms. The SMILES string of the molecule is CCc1c(CS(=O)(=O)Cl)noc1C(C)(C)C. The van der Waals surface area contributed by atoms with Gasteiger partial charge in [-0.3, -0.25) is 0 Å². The Balaban J connectivity index is 3.20. The highest BCUT2D eigenvalue weighted by Gasteiger charge is 2.27. The second-order valence-electron chi connectivity index (χ2n) is 4.72. The Kier molecular flexibility index (Phi) is 3.69. The molecule has 16 heavy (non-hydrogen) atoms. The van der Waals surface area contributed by atoms with Crippen LogP contribution in [0.15, 0.2) is 4.52 Å². The molecule has 0 aliphatic carbocycles. The first-order chi connectivity index (χ1) is 7.15. The van der Waals surface area contributed by atoms with Crippen molar-refractivity contribution < 1.29 is 12.9 Å². The van der Waals surface area contributed by atoms with E-state index in [1.165, 1.54) is 0 Å². The van der Waals surface area contributed by atoms with Gasteiger partial charge in [-0.25, -0.2) is 8.42 Å². The lowest BCUT2D eigenvalue weighted by molar-refractivity contribution is 0.325. The Hall–Kier alpha value is -0.550. The molecule has 0 N–H and O–H groups in total.